The molecule has 1 fully saturated rings. The summed E-state index contributed by atoms with van der Waals surface area (Å²) in [6.07, 6.45) is 1.61. The van der Waals surface area contributed by atoms with Crippen LogP contribution in [0, 0.1) is 5.92 Å². The molecule has 1 aliphatic heterocycles. The molecule has 0 saturated carbocycles. The summed E-state index contributed by atoms with van der Waals surface area (Å²) in [5.74, 6) is 0.309. The first-order chi connectivity index (χ1) is 8.81. The highest BCUT2D eigenvalue weighted by atomic mass is 16.3. The van der Waals surface area contributed by atoms with Gasteiger partial charge in [0, 0.05) is 13.0 Å². The summed E-state index contributed by atoms with van der Waals surface area (Å²) < 4.78 is 0. The van der Waals surface area contributed by atoms with Crippen LogP contribution in [-0.4, -0.2) is 23.8 Å². The lowest BCUT2D eigenvalue weighted by Crippen LogP contribution is -2.50. The van der Waals surface area contributed by atoms with Gasteiger partial charge in [0.15, 0.2) is 0 Å². The van der Waals surface area contributed by atoms with E-state index in [1.165, 1.54) is 11.1 Å². The molecular formula is C17H27NO. The first-order valence-electron chi connectivity index (χ1n) is 7.34. The molecule has 0 spiro atoms. The fourth-order valence-corrected chi connectivity index (χ4v) is 2.80. The monoisotopic (exact) mass is 261 g/mol. The van der Waals surface area contributed by atoms with Gasteiger partial charge in [0.1, 0.15) is 0 Å². The number of piperidine rings is 1. The van der Waals surface area contributed by atoms with Gasteiger partial charge in [-0.15, -0.1) is 0 Å². The zero-order chi connectivity index (χ0) is 14.1. The molecule has 2 nitrogen and oxygen atoms in total. The maximum Gasteiger partial charge on any atom is 0.0737 e. The Morgan fingerprint density at radius 1 is 1.26 bits per heavy atom. The smallest absolute Gasteiger partial charge is 0.0737 e. The highest BCUT2D eigenvalue weighted by Crippen LogP contribution is 2.29. The molecule has 2 N–H and O–H groups in total. The van der Waals surface area contributed by atoms with Crippen LogP contribution in [0.2, 0.25) is 0 Å². The minimum Gasteiger partial charge on any atom is -0.389 e. The van der Waals surface area contributed by atoms with Gasteiger partial charge in [0.2, 0.25) is 0 Å². The third-order valence-electron chi connectivity index (χ3n) is 4.43. The molecule has 2 atom stereocenters. The summed E-state index contributed by atoms with van der Waals surface area (Å²) in [6, 6.07) is 8.75. The second-order valence-electron chi connectivity index (χ2n) is 7.08. The molecule has 0 aromatic heterocycles. The van der Waals surface area contributed by atoms with E-state index < -0.39 is 5.60 Å². The largest absolute Gasteiger partial charge is 0.389 e. The van der Waals surface area contributed by atoms with E-state index >= 15 is 0 Å². The van der Waals surface area contributed by atoms with Crippen LogP contribution < -0.4 is 5.32 Å². The van der Waals surface area contributed by atoms with Gasteiger partial charge >= 0.3 is 0 Å². The van der Waals surface area contributed by atoms with Crippen molar-refractivity contribution in [2.75, 3.05) is 13.1 Å². The normalized spacial score (nSPS) is 28.4. The lowest BCUT2D eigenvalue weighted by molar-refractivity contribution is -0.0329. The minimum absolute atomic E-state index is 0.192. The van der Waals surface area contributed by atoms with Gasteiger partial charge in [-0.1, -0.05) is 52.0 Å². The predicted molar refractivity (Wildman–Crippen MR) is 80.4 cm³/mol. The zero-order valence-electron chi connectivity index (χ0n) is 12.7. The van der Waals surface area contributed by atoms with Crippen LogP contribution in [0.3, 0.4) is 0 Å². The number of nitrogens with one attached hydrogen (secondary N) is 1. The van der Waals surface area contributed by atoms with Gasteiger partial charge in [0.05, 0.1) is 5.60 Å². The van der Waals surface area contributed by atoms with E-state index in [0.717, 1.165) is 25.9 Å². The van der Waals surface area contributed by atoms with Crippen molar-refractivity contribution in [1.82, 2.24) is 5.32 Å². The molecule has 0 amide bonds. The van der Waals surface area contributed by atoms with Crippen molar-refractivity contribution in [2.24, 2.45) is 5.92 Å². The van der Waals surface area contributed by atoms with Crippen molar-refractivity contribution < 1.29 is 5.11 Å². The standard InChI is InChI=1S/C17H27NO/c1-13-12-18-10-9-17(13,19)11-14-5-7-15(8-6-14)16(2,3)4/h5-8,13,18-19H,9-12H2,1-4H3. The first kappa shape index (κ1) is 14.5. The van der Waals surface area contributed by atoms with Gasteiger partial charge in [-0.3, -0.25) is 0 Å². The third kappa shape index (κ3) is 3.37. The van der Waals surface area contributed by atoms with Crippen LogP contribution >= 0.6 is 0 Å². The molecule has 2 rings (SSSR count). The quantitative estimate of drug-likeness (QED) is 0.858. The molecular weight excluding hydrogens is 234 g/mol. The summed E-state index contributed by atoms with van der Waals surface area (Å²) in [5.41, 5.74) is 2.23. The molecule has 0 bridgehead atoms. The van der Waals surface area contributed by atoms with E-state index in [-0.39, 0.29) is 5.41 Å². The van der Waals surface area contributed by atoms with Crippen molar-refractivity contribution in [3.8, 4) is 0 Å². The Balaban J connectivity index is 2.11. The van der Waals surface area contributed by atoms with E-state index in [1.54, 1.807) is 0 Å². The molecule has 1 aromatic rings. The van der Waals surface area contributed by atoms with E-state index in [0.29, 0.717) is 5.92 Å². The van der Waals surface area contributed by atoms with Crippen LogP contribution in [0.5, 0.6) is 0 Å². The second-order valence-corrected chi connectivity index (χ2v) is 7.08. The zero-order valence-corrected chi connectivity index (χ0v) is 12.7. The lowest BCUT2D eigenvalue weighted by atomic mass is 9.78. The van der Waals surface area contributed by atoms with Crippen molar-refractivity contribution in [3.63, 3.8) is 0 Å². The molecule has 106 valence electrons. The molecule has 2 heteroatoms. The summed E-state index contributed by atoms with van der Waals surface area (Å²) in [6.45, 7) is 10.6. The fourth-order valence-electron chi connectivity index (χ4n) is 2.80. The van der Waals surface area contributed by atoms with E-state index in [9.17, 15) is 5.11 Å². The van der Waals surface area contributed by atoms with E-state index in [2.05, 4.69) is 57.3 Å². The maximum absolute atomic E-state index is 10.8. The van der Waals surface area contributed by atoms with Crippen LogP contribution in [0.25, 0.3) is 0 Å². The molecule has 1 heterocycles. The van der Waals surface area contributed by atoms with Crippen molar-refractivity contribution in [2.45, 2.75) is 51.6 Å². The molecule has 0 radical (unpaired) electrons. The number of hydrogen-bond acceptors (Lipinski definition) is 2. The predicted octanol–water partition coefficient (Wildman–Crippen LogP) is 2.89. The van der Waals surface area contributed by atoms with Crippen molar-refractivity contribution in [1.29, 1.82) is 0 Å². The Kier molecular flexibility index (Phi) is 4.03. The van der Waals surface area contributed by atoms with Crippen LogP contribution in [0.15, 0.2) is 24.3 Å². The van der Waals surface area contributed by atoms with Gasteiger partial charge in [-0.25, -0.2) is 0 Å². The number of benzene rings is 1. The lowest BCUT2D eigenvalue weighted by Gasteiger charge is -2.38. The first-order valence-corrected chi connectivity index (χ1v) is 7.34. The molecule has 1 aliphatic rings. The Hall–Kier alpha value is -0.860. The van der Waals surface area contributed by atoms with Crippen molar-refractivity contribution in [3.05, 3.63) is 35.4 Å². The van der Waals surface area contributed by atoms with Crippen LogP contribution in [-0.2, 0) is 11.8 Å². The molecule has 19 heavy (non-hydrogen) atoms. The summed E-state index contributed by atoms with van der Waals surface area (Å²) in [7, 11) is 0. The minimum atomic E-state index is -0.547. The topological polar surface area (TPSA) is 32.3 Å². The summed E-state index contributed by atoms with van der Waals surface area (Å²) in [5, 5.41) is 14.1. The van der Waals surface area contributed by atoms with Gasteiger partial charge in [0.25, 0.3) is 0 Å². The number of hydrogen-bond donors (Lipinski definition) is 2. The average Bonchev–Trinajstić information content (AvgIpc) is 2.33. The fraction of sp³-hybridized carbons (Fsp3) is 0.647. The number of aliphatic hydroxyl groups is 1. The van der Waals surface area contributed by atoms with Crippen molar-refractivity contribution >= 4 is 0 Å². The Morgan fingerprint density at radius 3 is 2.42 bits per heavy atom. The highest BCUT2D eigenvalue weighted by Gasteiger charge is 2.35. The maximum atomic E-state index is 10.8. The van der Waals surface area contributed by atoms with Gasteiger partial charge in [-0.05, 0) is 35.4 Å². The number of rotatable bonds is 2. The van der Waals surface area contributed by atoms with Gasteiger partial charge in [-0.2, -0.15) is 0 Å². The third-order valence-corrected chi connectivity index (χ3v) is 4.43. The van der Waals surface area contributed by atoms with Crippen LogP contribution in [0.4, 0.5) is 0 Å². The molecule has 0 aliphatic carbocycles. The Bertz CT molecular complexity index is 418. The van der Waals surface area contributed by atoms with Gasteiger partial charge < -0.3 is 10.4 Å². The highest BCUT2D eigenvalue weighted by molar-refractivity contribution is 5.28. The molecule has 1 aromatic carbocycles. The SMILES string of the molecule is CC1CNCCC1(O)Cc1ccc(C(C)(C)C)cc1. The Morgan fingerprint density at radius 2 is 1.89 bits per heavy atom. The Labute approximate surface area is 117 Å². The second kappa shape index (κ2) is 5.26. The van der Waals surface area contributed by atoms with Crippen LogP contribution in [0.1, 0.15) is 45.2 Å². The van der Waals surface area contributed by atoms with E-state index in [1.807, 2.05) is 0 Å². The average molecular weight is 261 g/mol. The van der Waals surface area contributed by atoms with E-state index in [4.69, 9.17) is 0 Å². The molecule has 1 saturated heterocycles. The summed E-state index contributed by atoms with van der Waals surface area (Å²) in [4.78, 5) is 0. The summed E-state index contributed by atoms with van der Waals surface area (Å²) >= 11 is 0. The molecule has 2 unspecified atom stereocenters.